The average Bonchev–Trinajstić information content (AvgIpc) is 3.62. The van der Waals surface area contributed by atoms with Crippen LogP contribution in [0.5, 0.6) is 0 Å². The number of esters is 1. The van der Waals surface area contributed by atoms with E-state index in [0.717, 1.165) is 11.0 Å². The second kappa shape index (κ2) is 20.9. The SMILES string of the molecule is CN=CN1CCC(SC2N(C(C(=O)OCc3ccc([N+](=O)[O-])cc3)=P(OC(C)C)(OC(C)C)OC(C)C)C(=O)C2(C=C=O)C(C)OC(=O)OCc2ccc([N+](=O)[O-])cc2)C1. The standard InChI is InChI=1S/C39H50N5O14PS/c1-25(2)56-59(57-26(3)4,58-27(5)6)34(35(46)53-22-29-9-13-31(14-10-29)43(49)50)42-36(47)39(18-20-45,37(42)60-33-17-19-41(21-33)24-40-8)28(7)55-38(48)54-23-30-11-15-32(16-12-30)44(51)52/h9-16,18,24-28,33,37H,17,19,21-23H2,1-8H3. The minimum atomic E-state index is -4.10. The Bertz CT molecular complexity index is 1990. The van der Waals surface area contributed by atoms with Crippen molar-refractivity contribution in [2.45, 2.75) is 103 Å². The van der Waals surface area contributed by atoms with Gasteiger partial charge < -0.3 is 32.7 Å². The zero-order chi connectivity index (χ0) is 44.4. The number of β-lactam (4-membered cyclic amide) rings is 1. The van der Waals surface area contributed by atoms with E-state index in [1.54, 1.807) is 60.9 Å². The van der Waals surface area contributed by atoms with Gasteiger partial charge in [-0.25, -0.2) is 14.4 Å². The molecule has 4 atom stereocenters. The highest BCUT2D eigenvalue weighted by atomic mass is 32.2. The normalized spacial score (nSPS) is 19.6. The third-order valence-electron chi connectivity index (χ3n) is 8.99. The molecule has 2 aromatic carbocycles. The molecule has 2 heterocycles. The molecular formula is C39H50N5O14PS. The summed E-state index contributed by atoms with van der Waals surface area (Å²) >= 11 is 1.25. The molecule has 21 heteroatoms. The number of hydrogen-bond acceptors (Lipinski definition) is 16. The molecule has 2 saturated heterocycles. The van der Waals surface area contributed by atoms with Crippen molar-refractivity contribution in [3.8, 4) is 0 Å². The van der Waals surface area contributed by atoms with Gasteiger partial charge in [0, 0.05) is 55.7 Å². The minimum absolute atomic E-state index is 0.157. The highest BCUT2D eigenvalue weighted by Gasteiger charge is 2.68. The van der Waals surface area contributed by atoms with Gasteiger partial charge in [0.2, 0.25) is 11.3 Å². The van der Waals surface area contributed by atoms with E-state index >= 15 is 4.79 Å². The fourth-order valence-corrected chi connectivity index (χ4v) is 11.2. The highest BCUT2D eigenvalue weighted by Crippen LogP contribution is 2.61. The van der Waals surface area contributed by atoms with Crippen molar-refractivity contribution in [2.24, 2.45) is 10.4 Å². The molecule has 4 unspecified atom stereocenters. The maximum Gasteiger partial charge on any atom is 0.508 e. The van der Waals surface area contributed by atoms with Gasteiger partial charge in [-0.2, -0.15) is 0 Å². The first kappa shape index (κ1) is 47.6. The number of ether oxygens (including phenoxy) is 3. The number of thioether (sulfide) groups is 1. The molecule has 0 aromatic heterocycles. The first-order chi connectivity index (χ1) is 28.4. The molecule has 0 N–H and O–H groups in total. The summed E-state index contributed by atoms with van der Waals surface area (Å²) in [5.41, 5.74) is -1.85. The van der Waals surface area contributed by atoms with Crippen LogP contribution in [-0.2, 0) is 55.4 Å². The lowest BCUT2D eigenvalue weighted by Gasteiger charge is -2.56. The summed E-state index contributed by atoms with van der Waals surface area (Å²) in [7, 11) is -2.46. The Morgan fingerprint density at radius 2 is 1.40 bits per heavy atom. The Morgan fingerprint density at radius 1 is 0.900 bits per heavy atom. The molecule has 2 aliphatic heterocycles. The zero-order valence-electron chi connectivity index (χ0n) is 34.6. The molecule has 0 saturated carbocycles. The van der Waals surface area contributed by atoms with E-state index in [4.69, 9.17) is 27.8 Å². The Labute approximate surface area is 351 Å². The third-order valence-corrected chi connectivity index (χ3v) is 13.6. The van der Waals surface area contributed by atoms with Gasteiger partial charge in [0.05, 0.1) is 34.5 Å². The van der Waals surface area contributed by atoms with Gasteiger partial charge >= 0.3 is 12.1 Å². The lowest BCUT2D eigenvalue weighted by atomic mass is 9.73. The number of benzene rings is 2. The van der Waals surface area contributed by atoms with Crippen LogP contribution in [0.25, 0.3) is 0 Å². The van der Waals surface area contributed by atoms with Crippen molar-refractivity contribution in [2.75, 3.05) is 20.1 Å². The van der Waals surface area contributed by atoms with Crippen LogP contribution in [0, 0.1) is 25.6 Å². The van der Waals surface area contributed by atoms with Gasteiger partial charge in [0.15, 0.2) is 0 Å². The number of amides is 1. The summed E-state index contributed by atoms with van der Waals surface area (Å²) in [4.78, 5) is 83.9. The van der Waals surface area contributed by atoms with Gasteiger partial charge in [-0.1, -0.05) is 0 Å². The number of likely N-dealkylation sites (tertiary alicyclic amines) is 2. The number of nitro benzene ring substituents is 2. The highest BCUT2D eigenvalue weighted by molar-refractivity contribution is 8.00. The van der Waals surface area contributed by atoms with Crippen LogP contribution in [0.1, 0.15) is 66.0 Å². The summed E-state index contributed by atoms with van der Waals surface area (Å²) < 4.78 is 36.2. The van der Waals surface area contributed by atoms with Crippen molar-refractivity contribution in [1.82, 2.24) is 9.80 Å². The van der Waals surface area contributed by atoms with Crippen LogP contribution >= 0.6 is 19.3 Å². The third kappa shape index (κ3) is 11.4. The van der Waals surface area contributed by atoms with Gasteiger partial charge in [-0.05, 0) is 90.3 Å². The molecule has 19 nitrogen and oxygen atoms in total. The van der Waals surface area contributed by atoms with Crippen molar-refractivity contribution in [3.63, 3.8) is 0 Å². The average molecular weight is 876 g/mol. The smallest absolute Gasteiger partial charge is 0.456 e. The van der Waals surface area contributed by atoms with Crippen LogP contribution in [-0.4, -0.2) is 111 Å². The predicted molar refractivity (Wildman–Crippen MR) is 223 cm³/mol. The monoisotopic (exact) mass is 875 g/mol. The Hall–Kier alpha value is -5.10. The van der Waals surface area contributed by atoms with E-state index in [1.807, 2.05) is 4.90 Å². The van der Waals surface area contributed by atoms with Crippen LogP contribution in [0.15, 0.2) is 59.6 Å². The fraction of sp³-hybridized carbons (Fsp3) is 0.513. The zero-order valence-corrected chi connectivity index (χ0v) is 36.3. The van der Waals surface area contributed by atoms with Gasteiger partial charge in [0.25, 0.3) is 18.9 Å². The molecule has 2 aliphatic rings. The number of non-ortho nitro benzene ring substituents is 2. The summed E-state index contributed by atoms with van der Waals surface area (Å²) in [6.45, 7) is 12.0. The predicted octanol–water partition coefficient (Wildman–Crippen LogP) is 6.46. The number of aliphatic imine (C=N–C) groups is 1. The molecule has 0 radical (unpaired) electrons. The van der Waals surface area contributed by atoms with E-state index in [0.29, 0.717) is 30.6 Å². The topological polar surface area (TPSA) is 229 Å². The van der Waals surface area contributed by atoms with Crippen LogP contribution < -0.4 is 0 Å². The minimum Gasteiger partial charge on any atom is -0.456 e. The summed E-state index contributed by atoms with van der Waals surface area (Å²) in [5.74, 6) is -0.198. The number of rotatable bonds is 20. The molecule has 326 valence electrons. The molecule has 2 fully saturated rings. The van der Waals surface area contributed by atoms with Crippen molar-refractivity contribution in [1.29, 1.82) is 0 Å². The van der Waals surface area contributed by atoms with E-state index < -0.39 is 76.1 Å². The molecule has 2 aromatic rings. The van der Waals surface area contributed by atoms with Gasteiger partial charge in [-0.3, -0.25) is 34.9 Å². The van der Waals surface area contributed by atoms with Crippen molar-refractivity contribution >= 4 is 66.4 Å². The lowest BCUT2D eigenvalue weighted by molar-refractivity contribution is -0.385. The first-order valence-corrected chi connectivity index (χ1v) is 21.5. The van der Waals surface area contributed by atoms with Crippen LogP contribution in [0.3, 0.4) is 0 Å². The van der Waals surface area contributed by atoms with E-state index in [2.05, 4.69) is 4.99 Å². The largest absolute Gasteiger partial charge is 0.508 e. The summed E-state index contributed by atoms with van der Waals surface area (Å²) in [5, 5.41) is 21.0. The maximum absolute atomic E-state index is 15.1. The Balaban J connectivity index is 1.84. The van der Waals surface area contributed by atoms with Crippen molar-refractivity contribution in [3.05, 3.63) is 86.0 Å². The van der Waals surface area contributed by atoms with Crippen LogP contribution in [0.4, 0.5) is 16.2 Å². The molecule has 1 amide bonds. The van der Waals surface area contributed by atoms with E-state index in [9.17, 15) is 34.6 Å². The summed E-state index contributed by atoms with van der Waals surface area (Å²) in [6, 6.07) is 10.7. The Morgan fingerprint density at radius 3 is 1.85 bits per heavy atom. The molecule has 0 aliphatic carbocycles. The number of hydrogen-bond donors (Lipinski definition) is 0. The van der Waals surface area contributed by atoms with Gasteiger partial charge in [-0.15, -0.1) is 11.8 Å². The van der Waals surface area contributed by atoms with Gasteiger partial charge in [0.1, 0.15) is 36.0 Å². The van der Waals surface area contributed by atoms with E-state index in [-0.39, 0.29) is 29.8 Å². The summed E-state index contributed by atoms with van der Waals surface area (Å²) in [6.07, 6.45) is -1.22. The number of nitro groups is 2. The molecule has 0 bridgehead atoms. The second-order valence-corrected chi connectivity index (χ2v) is 18.1. The first-order valence-electron chi connectivity index (χ1n) is 19.0. The second-order valence-electron chi connectivity index (χ2n) is 14.6. The van der Waals surface area contributed by atoms with E-state index in [1.165, 1.54) is 67.2 Å². The molecule has 4 rings (SSSR count). The molecule has 0 spiro atoms. The quantitative estimate of drug-likeness (QED) is 0.0203. The van der Waals surface area contributed by atoms with Crippen molar-refractivity contribution < 1.29 is 56.8 Å². The number of carbonyl (C=O) groups is 3. The number of nitrogens with zero attached hydrogens (tertiary/aromatic N) is 5. The maximum atomic E-state index is 15.1. The lowest BCUT2D eigenvalue weighted by Crippen LogP contribution is -2.74. The molecule has 60 heavy (non-hydrogen) atoms. The van der Waals surface area contributed by atoms with Crippen LogP contribution in [0.2, 0.25) is 0 Å². The molecular weight excluding hydrogens is 825 g/mol. The Kier molecular flexibility index (Phi) is 16.6. The number of carbonyl (C=O) groups excluding carboxylic acids is 4. The fourth-order valence-electron chi connectivity index (χ4n) is 6.45.